The molecule has 0 bridgehead atoms. The second-order valence-corrected chi connectivity index (χ2v) is 2.81. The highest BCUT2D eigenvalue weighted by Gasteiger charge is 2.01. The SMILES string of the molecule is NCCCC(=O)Nc1ccc(F)nc1. The van der Waals surface area contributed by atoms with E-state index in [-0.39, 0.29) is 5.91 Å². The van der Waals surface area contributed by atoms with E-state index in [0.29, 0.717) is 25.1 Å². The Morgan fingerprint density at radius 1 is 1.57 bits per heavy atom. The number of rotatable bonds is 4. The van der Waals surface area contributed by atoms with Crippen molar-refractivity contribution in [3.8, 4) is 0 Å². The van der Waals surface area contributed by atoms with Gasteiger partial charge in [-0.05, 0) is 25.1 Å². The molecule has 0 aliphatic carbocycles. The minimum Gasteiger partial charge on any atom is -0.330 e. The Balaban J connectivity index is 2.44. The third-order valence-electron chi connectivity index (χ3n) is 1.62. The summed E-state index contributed by atoms with van der Waals surface area (Å²) in [6, 6.07) is 2.65. The molecule has 0 spiro atoms. The van der Waals surface area contributed by atoms with Crippen LogP contribution >= 0.6 is 0 Å². The van der Waals surface area contributed by atoms with Crippen molar-refractivity contribution in [2.45, 2.75) is 12.8 Å². The van der Waals surface area contributed by atoms with E-state index in [1.165, 1.54) is 18.3 Å². The lowest BCUT2D eigenvalue weighted by molar-refractivity contribution is -0.116. The first-order valence-electron chi connectivity index (χ1n) is 4.34. The van der Waals surface area contributed by atoms with Gasteiger partial charge in [-0.3, -0.25) is 4.79 Å². The van der Waals surface area contributed by atoms with Crippen LogP contribution < -0.4 is 11.1 Å². The molecular formula is C9H12FN3O. The van der Waals surface area contributed by atoms with Crippen LogP contribution in [0.5, 0.6) is 0 Å². The molecule has 1 amide bonds. The summed E-state index contributed by atoms with van der Waals surface area (Å²) in [5, 5.41) is 2.58. The molecule has 3 N–H and O–H groups in total. The van der Waals surface area contributed by atoms with Crippen molar-refractivity contribution in [1.82, 2.24) is 4.98 Å². The minimum absolute atomic E-state index is 0.135. The van der Waals surface area contributed by atoms with Gasteiger partial charge in [-0.1, -0.05) is 0 Å². The number of amides is 1. The Bertz CT molecular complexity index is 299. The number of nitrogens with two attached hydrogens (primary N) is 1. The maximum atomic E-state index is 12.4. The van der Waals surface area contributed by atoms with Crippen LogP contribution in [0.25, 0.3) is 0 Å². The fraction of sp³-hybridized carbons (Fsp3) is 0.333. The average molecular weight is 197 g/mol. The van der Waals surface area contributed by atoms with Crippen LogP contribution in [0.3, 0.4) is 0 Å². The quantitative estimate of drug-likeness (QED) is 0.704. The van der Waals surface area contributed by atoms with Gasteiger partial charge >= 0.3 is 0 Å². The zero-order valence-electron chi connectivity index (χ0n) is 7.66. The zero-order valence-corrected chi connectivity index (χ0v) is 7.66. The van der Waals surface area contributed by atoms with Crippen molar-refractivity contribution in [2.75, 3.05) is 11.9 Å². The second kappa shape index (κ2) is 5.29. The van der Waals surface area contributed by atoms with Crippen LogP contribution in [-0.4, -0.2) is 17.4 Å². The first kappa shape index (κ1) is 10.6. The van der Waals surface area contributed by atoms with E-state index in [1.54, 1.807) is 0 Å². The lowest BCUT2D eigenvalue weighted by Crippen LogP contribution is -2.13. The van der Waals surface area contributed by atoms with Gasteiger partial charge < -0.3 is 11.1 Å². The molecule has 5 heteroatoms. The van der Waals surface area contributed by atoms with Crippen molar-refractivity contribution in [3.05, 3.63) is 24.3 Å². The van der Waals surface area contributed by atoms with E-state index >= 15 is 0 Å². The summed E-state index contributed by atoms with van der Waals surface area (Å²) < 4.78 is 12.4. The summed E-state index contributed by atoms with van der Waals surface area (Å²) in [5.41, 5.74) is 5.74. The Labute approximate surface area is 81.3 Å². The lowest BCUT2D eigenvalue weighted by Gasteiger charge is -2.03. The molecule has 0 atom stereocenters. The van der Waals surface area contributed by atoms with Crippen LogP contribution in [0.4, 0.5) is 10.1 Å². The Morgan fingerprint density at radius 3 is 2.93 bits per heavy atom. The van der Waals surface area contributed by atoms with Gasteiger partial charge in [0.1, 0.15) is 0 Å². The predicted octanol–water partition coefficient (Wildman–Crippen LogP) is 0.898. The summed E-state index contributed by atoms with van der Waals surface area (Å²) >= 11 is 0. The van der Waals surface area contributed by atoms with Crippen LogP contribution in [0.15, 0.2) is 18.3 Å². The molecule has 1 aromatic heterocycles. The highest BCUT2D eigenvalue weighted by atomic mass is 19.1. The number of pyridine rings is 1. The van der Waals surface area contributed by atoms with Gasteiger partial charge in [0.15, 0.2) is 0 Å². The molecule has 1 rings (SSSR count). The summed E-state index contributed by atoms with van der Waals surface area (Å²) in [6.07, 6.45) is 2.28. The van der Waals surface area contributed by atoms with Gasteiger partial charge in [-0.2, -0.15) is 4.39 Å². The first-order valence-corrected chi connectivity index (χ1v) is 4.34. The molecule has 1 heterocycles. The van der Waals surface area contributed by atoms with E-state index in [0.717, 1.165) is 0 Å². The van der Waals surface area contributed by atoms with Gasteiger partial charge in [-0.15, -0.1) is 0 Å². The summed E-state index contributed by atoms with van der Waals surface area (Å²) in [6.45, 7) is 0.481. The van der Waals surface area contributed by atoms with Crippen molar-refractivity contribution >= 4 is 11.6 Å². The van der Waals surface area contributed by atoms with Crippen LogP contribution in [0.1, 0.15) is 12.8 Å². The number of nitrogens with zero attached hydrogens (tertiary/aromatic N) is 1. The van der Waals surface area contributed by atoms with Crippen molar-refractivity contribution < 1.29 is 9.18 Å². The van der Waals surface area contributed by atoms with Gasteiger partial charge in [0.2, 0.25) is 11.9 Å². The normalized spacial score (nSPS) is 9.86. The maximum Gasteiger partial charge on any atom is 0.224 e. The zero-order chi connectivity index (χ0) is 10.4. The molecule has 0 fully saturated rings. The third kappa shape index (κ3) is 3.49. The number of halogens is 1. The highest BCUT2D eigenvalue weighted by Crippen LogP contribution is 2.05. The molecule has 0 saturated carbocycles. The molecule has 0 radical (unpaired) electrons. The third-order valence-corrected chi connectivity index (χ3v) is 1.62. The molecule has 0 aliphatic heterocycles. The molecule has 4 nitrogen and oxygen atoms in total. The van der Waals surface area contributed by atoms with Crippen molar-refractivity contribution in [1.29, 1.82) is 0 Å². The number of anilines is 1. The molecular weight excluding hydrogens is 185 g/mol. The number of carbonyl (C=O) groups is 1. The van der Waals surface area contributed by atoms with Gasteiger partial charge in [0.25, 0.3) is 0 Å². The number of hydrogen-bond donors (Lipinski definition) is 2. The van der Waals surface area contributed by atoms with E-state index < -0.39 is 5.95 Å². The van der Waals surface area contributed by atoms with Crippen molar-refractivity contribution in [3.63, 3.8) is 0 Å². The number of nitrogens with one attached hydrogen (secondary N) is 1. The van der Waals surface area contributed by atoms with Crippen LogP contribution in [0.2, 0.25) is 0 Å². The number of hydrogen-bond acceptors (Lipinski definition) is 3. The van der Waals surface area contributed by atoms with E-state index in [2.05, 4.69) is 10.3 Å². The first-order chi connectivity index (χ1) is 6.72. The monoisotopic (exact) mass is 197 g/mol. The minimum atomic E-state index is -0.565. The van der Waals surface area contributed by atoms with E-state index in [1.807, 2.05) is 0 Å². The molecule has 0 aromatic carbocycles. The van der Waals surface area contributed by atoms with Gasteiger partial charge in [-0.25, -0.2) is 4.98 Å². The molecule has 0 unspecified atom stereocenters. The van der Waals surface area contributed by atoms with Gasteiger partial charge in [0.05, 0.1) is 11.9 Å². The largest absolute Gasteiger partial charge is 0.330 e. The standard InChI is InChI=1S/C9H12FN3O/c10-8-4-3-7(6-12-8)13-9(14)2-1-5-11/h3-4,6H,1-2,5,11H2,(H,13,14). The topological polar surface area (TPSA) is 68.0 Å². The second-order valence-electron chi connectivity index (χ2n) is 2.81. The van der Waals surface area contributed by atoms with E-state index in [4.69, 9.17) is 5.73 Å². The van der Waals surface area contributed by atoms with E-state index in [9.17, 15) is 9.18 Å². The summed E-state index contributed by atoms with van der Waals surface area (Å²) in [5.74, 6) is -0.700. The predicted molar refractivity (Wildman–Crippen MR) is 51.1 cm³/mol. The fourth-order valence-electron chi connectivity index (χ4n) is 0.936. The molecule has 0 aliphatic rings. The Morgan fingerprint density at radius 2 is 2.36 bits per heavy atom. The molecule has 1 aromatic rings. The summed E-state index contributed by atoms with van der Waals surface area (Å²) in [4.78, 5) is 14.6. The number of aromatic nitrogens is 1. The lowest BCUT2D eigenvalue weighted by atomic mass is 10.3. The fourth-order valence-corrected chi connectivity index (χ4v) is 0.936. The number of carbonyl (C=O) groups excluding carboxylic acids is 1. The molecule has 0 saturated heterocycles. The Kier molecular flexibility index (Phi) is 4.00. The molecule has 14 heavy (non-hydrogen) atoms. The Hall–Kier alpha value is -1.49. The van der Waals surface area contributed by atoms with Gasteiger partial charge in [0, 0.05) is 6.42 Å². The summed E-state index contributed by atoms with van der Waals surface area (Å²) in [7, 11) is 0. The van der Waals surface area contributed by atoms with Crippen LogP contribution in [-0.2, 0) is 4.79 Å². The van der Waals surface area contributed by atoms with Crippen LogP contribution in [0, 0.1) is 5.95 Å². The van der Waals surface area contributed by atoms with Crippen molar-refractivity contribution in [2.24, 2.45) is 5.73 Å². The maximum absolute atomic E-state index is 12.4. The highest BCUT2D eigenvalue weighted by molar-refractivity contribution is 5.90. The average Bonchev–Trinajstić information content (AvgIpc) is 2.18. The molecule has 76 valence electrons. The smallest absolute Gasteiger partial charge is 0.224 e.